The summed E-state index contributed by atoms with van der Waals surface area (Å²) in [5.41, 5.74) is 4.66. The van der Waals surface area contributed by atoms with Crippen molar-refractivity contribution in [3.63, 3.8) is 0 Å². The van der Waals surface area contributed by atoms with Gasteiger partial charge in [-0.1, -0.05) is 18.2 Å². The quantitative estimate of drug-likeness (QED) is 0.897. The molecule has 0 aromatic heterocycles. The van der Waals surface area contributed by atoms with E-state index in [1.165, 1.54) is 36.1 Å². The maximum atomic E-state index is 3.59. The van der Waals surface area contributed by atoms with Crippen molar-refractivity contribution >= 4 is 0 Å². The third-order valence-electron chi connectivity index (χ3n) is 5.17. The Kier molecular flexibility index (Phi) is 3.40. The molecule has 1 unspecified atom stereocenters. The highest BCUT2D eigenvalue weighted by molar-refractivity contribution is 5.30. The van der Waals surface area contributed by atoms with Gasteiger partial charge >= 0.3 is 0 Å². The van der Waals surface area contributed by atoms with Crippen LogP contribution in [-0.2, 0) is 6.54 Å². The van der Waals surface area contributed by atoms with E-state index in [9.17, 15) is 0 Å². The topological polar surface area (TPSA) is 15.3 Å². The van der Waals surface area contributed by atoms with Crippen LogP contribution in [0.1, 0.15) is 36.5 Å². The van der Waals surface area contributed by atoms with Gasteiger partial charge in [0.1, 0.15) is 0 Å². The normalized spacial score (nSPS) is 28.6. The molecule has 0 bridgehead atoms. The maximum absolute atomic E-state index is 3.59. The Hall–Kier alpha value is -0.860. The van der Waals surface area contributed by atoms with Gasteiger partial charge in [0, 0.05) is 31.7 Å². The van der Waals surface area contributed by atoms with Crippen LogP contribution < -0.4 is 5.32 Å². The molecule has 1 saturated heterocycles. The van der Waals surface area contributed by atoms with Gasteiger partial charge in [0.15, 0.2) is 0 Å². The third kappa shape index (κ3) is 2.56. The molecule has 19 heavy (non-hydrogen) atoms. The lowest BCUT2D eigenvalue weighted by Gasteiger charge is -2.46. The van der Waals surface area contributed by atoms with Crippen LogP contribution in [0.15, 0.2) is 18.2 Å². The molecule has 1 aliphatic carbocycles. The van der Waals surface area contributed by atoms with Crippen LogP contribution in [0.25, 0.3) is 0 Å². The minimum absolute atomic E-state index is 0.372. The predicted octanol–water partition coefficient (Wildman–Crippen LogP) is 2.88. The molecule has 1 aromatic carbocycles. The smallest absolute Gasteiger partial charge is 0.0337 e. The number of hydrogen-bond donors (Lipinski definition) is 1. The zero-order valence-corrected chi connectivity index (χ0v) is 12.5. The van der Waals surface area contributed by atoms with Crippen molar-refractivity contribution in [3.8, 4) is 0 Å². The Balaban J connectivity index is 1.78. The lowest BCUT2D eigenvalue weighted by atomic mass is 9.90. The minimum atomic E-state index is 0.372. The van der Waals surface area contributed by atoms with E-state index in [0.717, 1.165) is 25.6 Å². The van der Waals surface area contributed by atoms with E-state index in [1.807, 2.05) is 0 Å². The van der Waals surface area contributed by atoms with E-state index in [2.05, 4.69) is 49.2 Å². The molecule has 2 heteroatoms. The summed E-state index contributed by atoms with van der Waals surface area (Å²) in [5, 5.41) is 3.59. The molecule has 1 N–H and O–H groups in total. The summed E-state index contributed by atoms with van der Waals surface area (Å²) in [6, 6.07) is 6.93. The van der Waals surface area contributed by atoms with Crippen LogP contribution in [0.5, 0.6) is 0 Å². The fourth-order valence-electron chi connectivity index (χ4n) is 3.41. The van der Waals surface area contributed by atoms with Gasteiger partial charge in [0.05, 0.1) is 0 Å². The van der Waals surface area contributed by atoms with Crippen molar-refractivity contribution in [2.75, 3.05) is 19.6 Å². The van der Waals surface area contributed by atoms with Crippen LogP contribution >= 0.6 is 0 Å². The van der Waals surface area contributed by atoms with E-state index in [0.29, 0.717) is 5.54 Å². The van der Waals surface area contributed by atoms with Crippen LogP contribution in [0.2, 0.25) is 0 Å². The molecule has 2 fully saturated rings. The second-order valence-corrected chi connectivity index (χ2v) is 6.65. The van der Waals surface area contributed by atoms with Gasteiger partial charge in [-0.15, -0.1) is 0 Å². The van der Waals surface area contributed by atoms with Gasteiger partial charge in [-0.3, -0.25) is 4.90 Å². The largest absolute Gasteiger partial charge is 0.314 e. The van der Waals surface area contributed by atoms with Gasteiger partial charge < -0.3 is 5.32 Å². The predicted molar refractivity (Wildman–Crippen MR) is 80.3 cm³/mol. The average Bonchev–Trinajstić information content (AvgIpc) is 3.21. The number of hydrogen-bond acceptors (Lipinski definition) is 2. The van der Waals surface area contributed by atoms with Gasteiger partial charge in [-0.05, 0) is 56.2 Å². The van der Waals surface area contributed by atoms with E-state index in [4.69, 9.17) is 0 Å². The van der Waals surface area contributed by atoms with Crippen molar-refractivity contribution in [2.24, 2.45) is 5.92 Å². The highest BCUT2D eigenvalue weighted by Gasteiger charge is 2.46. The number of aryl methyl sites for hydroxylation is 2. The number of nitrogens with zero attached hydrogens (tertiary/aromatic N) is 1. The Morgan fingerprint density at radius 1 is 1.26 bits per heavy atom. The second kappa shape index (κ2) is 4.92. The zero-order chi connectivity index (χ0) is 13.5. The molecular weight excluding hydrogens is 232 g/mol. The summed E-state index contributed by atoms with van der Waals surface area (Å²) < 4.78 is 0. The molecule has 2 aliphatic rings. The second-order valence-electron chi connectivity index (χ2n) is 6.65. The van der Waals surface area contributed by atoms with Crippen LogP contribution in [0, 0.1) is 19.8 Å². The van der Waals surface area contributed by atoms with E-state index in [1.54, 1.807) is 0 Å². The van der Waals surface area contributed by atoms with Crippen LogP contribution in [-0.4, -0.2) is 30.1 Å². The van der Waals surface area contributed by atoms with Crippen molar-refractivity contribution in [1.29, 1.82) is 0 Å². The number of benzene rings is 1. The molecule has 1 saturated carbocycles. The summed E-state index contributed by atoms with van der Waals surface area (Å²) in [7, 11) is 0. The summed E-state index contributed by atoms with van der Waals surface area (Å²) in [4.78, 5) is 2.71. The Morgan fingerprint density at radius 2 is 2.05 bits per heavy atom. The van der Waals surface area contributed by atoms with Gasteiger partial charge in [-0.25, -0.2) is 0 Å². The Bertz CT molecular complexity index is 464. The fourth-order valence-corrected chi connectivity index (χ4v) is 3.41. The minimum Gasteiger partial charge on any atom is -0.314 e. The highest BCUT2D eigenvalue weighted by Crippen LogP contribution is 2.44. The number of nitrogens with one attached hydrogen (secondary N) is 1. The fraction of sp³-hybridized carbons (Fsp3) is 0.647. The van der Waals surface area contributed by atoms with Gasteiger partial charge in [-0.2, -0.15) is 0 Å². The molecule has 1 heterocycles. The SMILES string of the molecule is Cc1ccc(CN2CCNCC2(C)C2CC2)cc1C. The van der Waals surface area contributed by atoms with E-state index >= 15 is 0 Å². The van der Waals surface area contributed by atoms with Crippen molar-refractivity contribution < 1.29 is 0 Å². The Labute approximate surface area is 117 Å². The summed E-state index contributed by atoms with van der Waals surface area (Å²) >= 11 is 0. The first-order valence-corrected chi connectivity index (χ1v) is 7.61. The first-order valence-electron chi connectivity index (χ1n) is 7.61. The molecule has 0 spiro atoms. The van der Waals surface area contributed by atoms with Gasteiger partial charge in [0.2, 0.25) is 0 Å². The van der Waals surface area contributed by atoms with Crippen molar-refractivity contribution in [2.45, 2.75) is 45.7 Å². The average molecular weight is 258 g/mol. The lowest BCUT2D eigenvalue weighted by Crippen LogP contribution is -2.60. The molecular formula is C17H26N2. The van der Waals surface area contributed by atoms with Crippen molar-refractivity contribution in [3.05, 3.63) is 34.9 Å². The van der Waals surface area contributed by atoms with Gasteiger partial charge in [0.25, 0.3) is 0 Å². The first kappa shape index (κ1) is 13.1. The zero-order valence-electron chi connectivity index (χ0n) is 12.5. The molecule has 1 aromatic rings. The molecule has 104 valence electrons. The van der Waals surface area contributed by atoms with E-state index < -0.39 is 0 Å². The molecule has 1 aliphatic heterocycles. The first-order chi connectivity index (χ1) is 9.09. The monoisotopic (exact) mass is 258 g/mol. The third-order valence-corrected chi connectivity index (χ3v) is 5.17. The molecule has 1 atom stereocenters. The highest BCUT2D eigenvalue weighted by atomic mass is 15.3. The lowest BCUT2D eigenvalue weighted by molar-refractivity contribution is 0.0484. The Morgan fingerprint density at radius 3 is 2.74 bits per heavy atom. The summed E-state index contributed by atoms with van der Waals surface area (Å²) in [6.45, 7) is 11.4. The van der Waals surface area contributed by atoms with E-state index in [-0.39, 0.29) is 0 Å². The standard InChI is InChI=1S/C17H26N2/c1-13-4-5-15(10-14(13)2)11-19-9-8-18-12-17(19,3)16-6-7-16/h4-5,10,16,18H,6-9,11-12H2,1-3H3. The molecule has 0 radical (unpaired) electrons. The van der Waals surface area contributed by atoms with Crippen molar-refractivity contribution in [1.82, 2.24) is 10.2 Å². The maximum Gasteiger partial charge on any atom is 0.0337 e. The number of piperazine rings is 1. The molecule has 3 rings (SSSR count). The van der Waals surface area contributed by atoms with Crippen LogP contribution in [0.3, 0.4) is 0 Å². The summed E-state index contributed by atoms with van der Waals surface area (Å²) in [5.74, 6) is 0.909. The summed E-state index contributed by atoms with van der Waals surface area (Å²) in [6.07, 6.45) is 2.84. The molecule has 0 amide bonds. The molecule has 2 nitrogen and oxygen atoms in total. The van der Waals surface area contributed by atoms with Crippen LogP contribution in [0.4, 0.5) is 0 Å². The number of rotatable bonds is 3.